The first-order valence-corrected chi connectivity index (χ1v) is 10.8. The number of carbonyl (C=O) groups excluding carboxylic acids is 2. The minimum Gasteiger partial charge on any atom is -0.383 e. The standard InChI is InChI=1S/C24H28N6O4/c1-15(2)13-29(19(31)12-27-18-11-7-6-10-17(18)22(26)32)20-21(25)30(24(34)28-23(20)33)14-16-8-4-3-5-9-16/h3-11,15,27H,12-14,25H2,1-2H3,(H2,26,32)(H,28,33,34). The molecular formula is C24H28N6O4. The highest BCUT2D eigenvalue weighted by atomic mass is 16.2. The van der Waals surface area contributed by atoms with Gasteiger partial charge in [-0.2, -0.15) is 0 Å². The summed E-state index contributed by atoms with van der Waals surface area (Å²) >= 11 is 0. The molecular weight excluding hydrogens is 436 g/mol. The molecule has 0 aliphatic rings. The van der Waals surface area contributed by atoms with E-state index in [1.807, 2.05) is 44.2 Å². The van der Waals surface area contributed by atoms with Gasteiger partial charge in [0.05, 0.1) is 18.7 Å². The van der Waals surface area contributed by atoms with E-state index in [0.717, 1.165) is 5.56 Å². The summed E-state index contributed by atoms with van der Waals surface area (Å²) in [5.41, 5.74) is 11.6. The number of benzene rings is 2. The SMILES string of the molecule is CC(C)CN(C(=O)CNc1ccccc1C(N)=O)c1c(N)n(Cc2ccccc2)c(=O)[nH]c1=O. The molecule has 0 saturated heterocycles. The second-order valence-corrected chi connectivity index (χ2v) is 8.23. The summed E-state index contributed by atoms with van der Waals surface area (Å²) in [4.78, 5) is 53.7. The predicted molar refractivity (Wildman–Crippen MR) is 132 cm³/mol. The summed E-state index contributed by atoms with van der Waals surface area (Å²) in [6.45, 7) is 3.87. The van der Waals surface area contributed by atoms with Gasteiger partial charge in [-0.3, -0.25) is 23.9 Å². The van der Waals surface area contributed by atoms with Crippen molar-refractivity contribution in [3.63, 3.8) is 0 Å². The molecule has 0 fully saturated rings. The first-order chi connectivity index (χ1) is 16.2. The van der Waals surface area contributed by atoms with Gasteiger partial charge < -0.3 is 21.7 Å². The molecule has 2 amide bonds. The van der Waals surface area contributed by atoms with Crippen LogP contribution in [0.2, 0.25) is 0 Å². The summed E-state index contributed by atoms with van der Waals surface area (Å²) < 4.78 is 1.22. The Balaban J connectivity index is 1.97. The van der Waals surface area contributed by atoms with E-state index < -0.39 is 23.1 Å². The zero-order valence-electron chi connectivity index (χ0n) is 19.1. The Morgan fingerprint density at radius 3 is 2.35 bits per heavy atom. The number of aromatic amines is 1. The van der Waals surface area contributed by atoms with E-state index in [1.165, 1.54) is 9.47 Å². The van der Waals surface area contributed by atoms with E-state index in [1.54, 1.807) is 24.3 Å². The van der Waals surface area contributed by atoms with Gasteiger partial charge in [-0.15, -0.1) is 0 Å². The quantitative estimate of drug-likeness (QED) is 0.375. The normalized spacial score (nSPS) is 10.8. The van der Waals surface area contributed by atoms with Crippen molar-refractivity contribution < 1.29 is 9.59 Å². The topological polar surface area (TPSA) is 156 Å². The Hall–Kier alpha value is -4.34. The summed E-state index contributed by atoms with van der Waals surface area (Å²) in [7, 11) is 0. The highest BCUT2D eigenvalue weighted by Gasteiger charge is 2.25. The van der Waals surface area contributed by atoms with Crippen LogP contribution in [0.25, 0.3) is 0 Å². The maximum absolute atomic E-state index is 13.2. The first kappa shape index (κ1) is 24.3. The number of nitrogens with two attached hydrogens (primary N) is 2. The van der Waals surface area contributed by atoms with Crippen LogP contribution in [0.5, 0.6) is 0 Å². The lowest BCUT2D eigenvalue weighted by Gasteiger charge is -2.26. The van der Waals surface area contributed by atoms with Crippen molar-refractivity contribution in [2.75, 3.05) is 29.0 Å². The monoisotopic (exact) mass is 464 g/mol. The molecule has 34 heavy (non-hydrogen) atoms. The number of hydrogen-bond donors (Lipinski definition) is 4. The lowest BCUT2D eigenvalue weighted by molar-refractivity contribution is -0.117. The number of primary amides is 1. The van der Waals surface area contributed by atoms with Gasteiger partial charge in [0.1, 0.15) is 5.82 Å². The van der Waals surface area contributed by atoms with Gasteiger partial charge >= 0.3 is 5.69 Å². The Morgan fingerprint density at radius 1 is 1.06 bits per heavy atom. The van der Waals surface area contributed by atoms with Gasteiger partial charge in [-0.1, -0.05) is 56.3 Å². The fourth-order valence-corrected chi connectivity index (χ4v) is 3.56. The minimum absolute atomic E-state index is 0.00448. The lowest BCUT2D eigenvalue weighted by Crippen LogP contribution is -2.44. The highest BCUT2D eigenvalue weighted by Crippen LogP contribution is 2.20. The summed E-state index contributed by atoms with van der Waals surface area (Å²) in [5, 5.41) is 2.91. The Labute approximate surface area is 196 Å². The molecule has 1 heterocycles. The second kappa shape index (κ2) is 10.5. The van der Waals surface area contributed by atoms with Gasteiger partial charge in [-0.05, 0) is 23.6 Å². The molecule has 2 aromatic carbocycles. The molecule has 0 aliphatic heterocycles. The van der Waals surface area contributed by atoms with Crippen molar-refractivity contribution in [2.45, 2.75) is 20.4 Å². The largest absolute Gasteiger partial charge is 0.383 e. The predicted octanol–water partition coefficient (Wildman–Crippen LogP) is 1.37. The summed E-state index contributed by atoms with van der Waals surface area (Å²) in [6, 6.07) is 15.7. The van der Waals surface area contributed by atoms with Crippen LogP contribution in [-0.4, -0.2) is 34.5 Å². The van der Waals surface area contributed by atoms with Crippen LogP contribution < -0.4 is 32.9 Å². The number of nitrogens with zero attached hydrogens (tertiary/aromatic N) is 2. The summed E-state index contributed by atoms with van der Waals surface area (Å²) in [6.07, 6.45) is 0. The van der Waals surface area contributed by atoms with E-state index in [0.29, 0.717) is 5.69 Å². The first-order valence-electron chi connectivity index (χ1n) is 10.8. The number of anilines is 3. The van der Waals surface area contributed by atoms with Gasteiger partial charge in [0.25, 0.3) is 11.5 Å². The average Bonchev–Trinajstić information content (AvgIpc) is 2.80. The van der Waals surface area contributed by atoms with E-state index in [2.05, 4.69) is 10.3 Å². The van der Waals surface area contributed by atoms with Gasteiger partial charge in [-0.25, -0.2) is 4.79 Å². The van der Waals surface area contributed by atoms with E-state index >= 15 is 0 Å². The molecule has 1 aromatic heterocycles. The zero-order valence-corrected chi connectivity index (χ0v) is 19.1. The number of rotatable bonds is 9. The van der Waals surface area contributed by atoms with Crippen molar-refractivity contribution in [1.82, 2.24) is 9.55 Å². The Bertz CT molecular complexity index is 1300. The van der Waals surface area contributed by atoms with Crippen molar-refractivity contribution in [2.24, 2.45) is 11.7 Å². The highest BCUT2D eigenvalue weighted by molar-refractivity contribution is 6.01. The number of hydrogen-bond acceptors (Lipinski definition) is 6. The molecule has 10 nitrogen and oxygen atoms in total. The molecule has 3 aromatic rings. The molecule has 178 valence electrons. The van der Waals surface area contributed by atoms with Crippen molar-refractivity contribution in [3.8, 4) is 0 Å². The van der Waals surface area contributed by atoms with E-state index in [9.17, 15) is 19.2 Å². The fourth-order valence-electron chi connectivity index (χ4n) is 3.56. The Morgan fingerprint density at radius 2 is 1.71 bits per heavy atom. The molecule has 0 unspecified atom stereocenters. The number of H-pyrrole nitrogens is 1. The summed E-state index contributed by atoms with van der Waals surface area (Å²) in [5.74, 6) is -1.21. The number of nitrogen functional groups attached to an aromatic ring is 1. The van der Waals surface area contributed by atoms with Gasteiger partial charge in [0.15, 0.2) is 5.69 Å². The van der Waals surface area contributed by atoms with Gasteiger partial charge in [0.2, 0.25) is 5.91 Å². The number of para-hydroxylation sites is 1. The van der Waals surface area contributed by atoms with Crippen LogP contribution in [0.4, 0.5) is 17.2 Å². The molecule has 6 N–H and O–H groups in total. The third kappa shape index (κ3) is 5.52. The van der Waals surface area contributed by atoms with Crippen LogP contribution in [0.1, 0.15) is 29.8 Å². The Kier molecular flexibility index (Phi) is 7.52. The number of aromatic nitrogens is 2. The molecule has 0 aliphatic carbocycles. The molecule has 3 rings (SSSR count). The van der Waals surface area contributed by atoms with E-state index in [4.69, 9.17) is 11.5 Å². The minimum atomic E-state index is -0.752. The van der Waals surface area contributed by atoms with Crippen molar-refractivity contribution in [1.29, 1.82) is 0 Å². The van der Waals surface area contributed by atoms with E-state index in [-0.39, 0.29) is 42.6 Å². The third-order valence-corrected chi connectivity index (χ3v) is 5.14. The number of carbonyl (C=O) groups is 2. The van der Waals surface area contributed by atoms with Crippen molar-refractivity contribution >= 4 is 29.0 Å². The van der Waals surface area contributed by atoms with Crippen LogP contribution in [0.15, 0.2) is 64.2 Å². The number of nitrogens with one attached hydrogen (secondary N) is 2. The molecule has 0 radical (unpaired) electrons. The van der Waals surface area contributed by atoms with Gasteiger partial charge in [0, 0.05) is 12.2 Å². The average molecular weight is 465 g/mol. The number of amides is 2. The van der Waals surface area contributed by atoms with Crippen LogP contribution >= 0.6 is 0 Å². The zero-order chi connectivity index (χ0) is 24.8. The smallest absolute Gasteiger partial charge is 0.330 e. The lowest BCUT2D eigenvalue weighted by atomic mass is 10.1. The molecule has 0 bridgehead atoms. The third-order valence-electron chi connectivity index (χ3n) is 5.14. The van der Waals surface area contributed by atoms with Crippen LogP contribution in [-0.2, 0) is 11.3 Å². The second-order valence-electron chi connectivity index (χ2n) is 8.23. The molecule has 0 atom stereocenters. The molecule has 10 heteroatoms. The van der Waals surface area contributed by atoms with Crippen molar-refractivity contribution in [3.05, 3.63) is 86.6 Å². The maximum atomic E-state index is 13.2. The molecule has 0 saturated carbocycles. The van der Waals surface area contributed by atoms with Crippen LogP contribution in [0.3, 0.4) is 0 Å². The fraction of sp³-hybridized carbons (Fsp3) is 0.250. The maximum Gasteiger partial charge on any atom is 0.330 e. The molecule has 0 spiro atoms. The van der Waals surface area contributed by atoms with Crippen LogP contribution in [0, 0.1) is 5.92 Å².